The van der Waals surface area contributed by atoms with Crippen molar-refractivity contribution in [3.8, 4) is 0 Å². The molecule has 1 aliphatic rings. The summed E-state index contributed by atoms with van der Waals surface area (Å²) in [5.74, 6) is 0. The van der Waals surface area contributed by atoms with Crippen LogP contribution in [0.15, 0.2) is 12.7 Å². The Morgan fingerprint density at radius 2 is 2.46 bits per heavy atom. The second kappa shape index (κ2) is 3.38. The molecule has 0 aliphatic carbocycles. The molecule has 0 spiro atoms. The highest BCUT2D eigenvalue weighted by atomic mass is 16.4. The minimum absolute atomic E-state index is 0.0192. The molecule has 0 unspecified atom stereocenters. The van der Waals surface area contributed by atoms with Gasteiger partial charge in [-0.1, -0.05) is 6.08 Å². The molecule has 3 N–H and O–H groups in total. The van der Waals surface area contributed by atoms with Gasteiger partial charge in [0.1, 0.15) is 0 Å². The first-order chi connectivity index (χ1) is 5.98. The molecule has 13 heavy (non-hydrogen) atoms. The molecule has 74 valence electrons. The van der Waals surface area contributed by atoms with Crippen molar-refractivity contribution in [2.75, 3.05) is 6.54 Å². The Morgan fingerprint density at radius 1 is 1.85 bits per heavy atom. The Bertz CT molecular complexity index is 230. The Hall–Kier alpha value is -1.03. The summed E-state index contributed by atoms with van der Waals surface area (Å²) in [6.45, 7) is 6.04. The molecule has 0 aromatic heterocycles. The van der Waals surface area contributed by atoms with Gasteiger partial charge in [-0.2, -0.15) is 0 Å². The van der Waals surface area contributed by atoms with Gasteiger partial charge in [0.05, 0.1) is 0 Å². The van der Waals surface area contributed by atoms with Crippen molar-refractivity contribution in [1.82, 2.24) is 4.90 Å². The van der Waals surface area contributed by atoms with Crippen LogP contribution in [-0.4, -0.2) is 34.2 Å². The summed E-state index contributed by atoms with van der Waals surface area (Å²) in [4.78, 5) is 12.1. The monoisotopic (exact) mass is 184 g/mol. The van der Waals surface area contributed by atoms with E-state index in [1.54, 1.807) is 6.08 Å². The molecule has 1 amide bonds. The Labute approximate surface area is 78.0 Å². The van der Waals surface area contributed by atoms with Crippen LogP contribution in [0.2, 0.25) is 0 Å². The van der Waals surface area contributed by atoms with Crippen LogP contribution in [0, 0.1) is 0 Å². The third kappa shape index (κ3) is 2.01. The van der Waals surface area contributed by atoms with E-state index in [-0.39, 0.29) is 11.6 Å². The fourth-order valence-corrected chi connectivity index (χ4v) is 1.78. The van der Waals surface area contributed by atoms with E-state index >= 15 is 0 Å². The third-order valence-corrected chi connectivity index (χ3v) is 2.68. The third-order valence-electron chi connectivity index (χ3n) is 2.68. The topological polar surface area (TPSA) is 66.6 Å². The number of rotatable bonds is 1. The fraction of sp³-hybridized carbons (Fsp3) is 0.667. The molecule has 1 rings (SSSR count). The second-order valence-electron chi connectivity index (χ2n) is 3.72. The van der Waals surface area contributed by atoms with E-state index in [9.17, 15) is 4.79 Å². The van der Waals surface area contributed by atoms with E-state index in [4.69, 9.17) is 10.8 Å². The van der Waals surface area contributed by atoms with Crippen LogP contribution in [0.25, 0.3) is 0 Å². The maximum Gasteiger partial charge on any atom is 0.407 e. The Morgan fingerprint density at radius 3 is 2.85 bits per heavy atom. The number of carboxylic acid groups (broad SMARTS) is 1. The average molecular weight is 184 g/mol. The zero-order valence-electron chi connectivity index (χ0n) is 7.86. The fourth-order valence-electron chi connectivity index (χ4n) is 1.78. The van der Waals surface area contributed by atoms with Crippen LogP contribution in [-0.2, 0) is 0 Å². The van der Waals surface area contributed by atoms with E-state index in [0.29, 0.717) is 19.4 Å². The lowest BCUT2D eigenvalue weighted by molar-refractivity contribution is 0.0970. The summed E-state index contributed by atoms with van der Waals surface area (Å²) in [6, 6.07) is -0.0192. The van der Waals surface area contributed by atoms with Crippen LogP contribution >= 0.6 is 0 Å². The highest BCUT2D eigenvalue weighted by Gasteiger charge is 2.34. The van der Waals surface area contributed by atoms with E-state index in [1.165, 1.54) is 4.90 Å². The number of carbonyl (C=O) groups is 1. The Balaban J connectivity index is 2.66. The number of piperidine rings is 1. The van der Waals surface area contributed by atoms with E-state index < -0.39 is 6.09 Å². The van der Waals surface area contributed by atoms with Gasteiger partial charge in [0.25, 0.3) is 0 Å². The van der Waals surface area contributed by atoms with Crippen LogP contribution in [0.3, 0.4) is 0 Å². The molecule has 4 nitrogen and oxygen atoms in total. The highest BCUT2D eigenvalue weighted by molar-refractivity contribution is 5.65. The molecule has 0 radical (unpaired) electrons. The number of likely N-dealkylation sites (tertiary alicyclic amines) is 1. The quantitative estimate of drug-likeness (QED) is 0.598. The number of nitrogens with zero attached hydrogens (tertiary/aromatic N) is 1. The van der Waals surface area contributed by atoms with Crippen molar-refractivity contribution in [2.45, 2.75) is 31.3 Å². The van der Waals surface area contributed by atoms with E-state index in [2.05, 4.69) is 6.58 Å². The molecule has 1 heterocycles. The lowest BCUT2D eigenvalue weighted by Crippen LogP contribution is -2.54. The molecular formula is C9H16N2O2. The van der Waals surface area contributed by atoms with Crippen molar-refractivity contribution in [3.05, 3.63) is 12.7 Å². The van der Waals surface area contributed by atoms with Gasteiger partial charge in [0, 0.05) is 18.1 Å². The predicted octanol–water partition coefficient (Wildman–Crippen LogP) is 1.03. The summed E-state index contributed by atoms with van der Waals surface area (Å²) in [5, 5.41) is 8.81. The van der Waals surface area contributed by atoms with Gasteiger partial charge in [0.15, 0.2) is 0 Å². The first-order valence-electron chi connectivity index (χ1n) is 4.40. The first-order valence-corrected chi connectivity index (χ1v) is 4.40. The van der Waals surface area contributed by atoms with E-state index in [1.807, 2.05) is 6.92 Å². The SMILES string of the molecule is C=C[C@@]1(N)CCN(C(=O)O)[C@@H](C)C1. The summed E-state index contributed by atoms with van der Waals surface area (Å²) in [6.07, 6.45) is 2.18. The summed E-state index contributed by atoms with van der Waals surface area (Å²) < 4.78 is 0. The minimum Gasteiger partial charge on any atom is -0.465 e. The maximum absolute atomic E-state index is 10.7. The molecule has 0 saturated carbocycles. The van der Waals surface area contributed by atoms with Gasteiger partial charge in [0.2, 0.25) is 0 Å². The molecule has 1 aliphatic heterocycles. The zero-order valence-corrected chi connectivity index (χ0v) is 7.86. The summed E-state index contributed by atoms with van der Waals surface area (Å²) in [7, 11) is 0. The number of hydrogen-bond acceptors (Lipinski definition) is 2. The molecule has 0 aromatic rings. The van der Waals surface area contributed by atoms with E-state index in [0.717, 1.165) is 0 Å². The lowest BCUT2D eigenvalue weighted by atomic mass is 9.85. The van der Waals surface area contributed by atoms with Crippen molar-refractivity contribution in [1.29, 1.82) is 0 Å². The number of amides is 1. The molecule has 2 atom stereocenters. The van der Waals surface area contributed by atoms with Crippen LogP contribution in [0.5, 0.6) is 0 Å². The highest BCUT2D eigenvalue weighted by Crippen LogP contribution is 2.25. The van der Waals surface area contributed by atoms with Gasteiger partial charge in [-0.05, 0) is 19.8 Å². The average Bonchev–Trinajstić information content (AvgIpc) is 2.03. The normalized spacial score (nSPS) is 34.3. The van der Waals surface area contributed by atoms with Gasteiger partial charge in [-0.3, -0.25) is 0 Å². The van der Waals surface area contributed by atoms with Crippen LogP contribution in [0.4, 0.5) is 4.79 Å². The molecule has 0 bridgehead atoms. The maximum atomic E-state index is 10.7. The lowest BCUT2D eigenvalue weighted by Gasteiger charge is -2.40. The van der Waals surface area contributed by atoms with Crippen molar-refractivity contribution >= 4 is 6.09 Å². The van der Waals surface area contributed by atoms with Crippen LogP contribution in [0.1, 0.15) is 19.8 Å². The molecule has 4 heteroatoms. The largest absolute Gasteiger partial charge is 0.465 e. The van der Waals surface area contributed by atoms with Crippen molar-refractivity contribution in [3.63, 3.8) is 0 Å². The molecule has 1 fully saturated rings. The molecular weight excluding hydrogens is 168 g/mol. The molecule has 1 saturated heterocycles. The van der Waals surface area contributed by atoms with Crippen molar-refractivity contribution in [2.24, 2.45) is 5.73 Å². The van der Waals surface area contributed by atoms with Crippen LogP contribution < -0.4 is 5.73 Å². The smallest absolute Gasteiger partial charge is 0.407 e. The molecule has 0 aromatic carbocycles. The van der Waals surface area contributed by atoms with Gasteiger partial charge < -0.3 is 15.7 Å². The first kappa shape index (κ1) is 10.1. The van der Waals surface area contributed by atoms with Gasteiger partial charge in [-0.25, -0.2) is 4.79 Å². The predicted molar refractivity (Wildman–Crippen MR) is 50.5 cm³/mol. The number of nitrogens with two attached hydrogens (primary N) is 1. The second-order valence-corrected chi connectivity index (χ2v) is 3.72. The zero-order chi connectivity index (χ0) is 10.1. The van der Waals surface area contributed by atoms with Gasteiger partial charge in [-0.15, -0.1) is 6.58 Å². The van der Waals surface area contributed by atoms with Crippen molar-refractivity contribution < 1.29 is 9.90 Å². The summed E-state index contributed by atoms with van der Waals surface area (Å²) in [5.41, 5.74) is 5.59. The Kier molecular flexibility index (Phi) is 2.61. The van der Waals surface area contributed by atoms with Gasteiger partial charge >= 0.3 is 6.09 Å². The summed E-state index contributed by atoms with van der Waals surface area (Å²) >= 11 is 0. The minimum atomic E-state index is -0.862. The standard InChI is InChI=1S/C9H16N2O2/c1-3-9(10)4-5-11(8(12)13)7(2)6-9/h3,7H,1,4-6,10H2,2H3,(H,12,13)/t7-,9+/m0/s1. The number of hydrogen-bond donors (Lipinski definition) is 2.